The number of halogens is 1. The Balaban J connectivity index is 2.92. The molecule has 112 valence electrons. The summed E-state index contributed by atoms with van der Waals surface area (Å²) in [6.07, 6.45) is 0. The van der Waals surface area contributed by atoms with Crippen LogP contribution < -0.4 is 0 Å². The first kappa shape index (κ1) is 17.1. The van der Waals surface area contributed by atoms with E-state index >= 15 is 0 Å². The first-order chi connectivity index (χ1) is 9.35. The average Bonchev–Trinajstić information content (AvgIpc) is 2.36. The van der Waals surface area contributed by atoms with E-state index in [1.807, 2.05) is 13.8 Å². The van der Waals surface area contributed by atoms with E-state index in [1.165, 1.54) is 37.3 Å². The van der Waals surface area contributed by atoms with Crippen LogP contribution in [0.1, 0.15) is 19.4 Å². The third-order valence-corrected chi connectivity index (χ3v) is 6.04. The van der Waals surface area contributed by atoms with Gasteiger partial charge in [-0.15, -0.1) is 0 Å². The van der Waals surface area contributed by atoms with Gasteiger partial charge in [0.2, 0.25) is 0 Å². The average molecular weight is 319 g/mol. The SMILES string of the molecule is CON=C(OP(C)(=O)SCC(C)C)c1ccccc1F. The standard InChI is InChI=1S/C13H19FNO3PS/c1-10(2)9-20-19(4,16)18-13(15-17-3)11-7-5-6-8-12(11)14/h5-8,10H,9H2,1-4H3. The summed E-state index contributed by atoms with van der Waals surface area (Å²) in [6.45, 7) is 2.56. The van der Waals surface area contributed by atoms with Crippen molar-refractivity contribution in [1.29, 1.82) is 0 Å². The van der Waals surface area contributed by atoms with Crippen molar-refractivity contribution in [2.75, 3.05) is 19.5 Å². The molecule has 0 aromatic heterocycles. The van der Waals surface area contributed by atoms with Crippen LogP contribution in [0.3, 0.4) is 0 Å². The fourth-order valence-electron chi connectivity index (χ4n) is 1.30. The van der Waals surface area contributed by atoms with E-state index in [2.05, 4.69) is 9.99 Å². The maximum absolute atomic E-state index is 13.7. The number of nitrogens with zero attached hydrogens (tertiary/aromatic N) is 1. The van der Waals surface area contributed by atoms with E-state index in [1.54, 1.807) is 12.1 Å². The van der Waals surface area contributed by atoms with Gasteiger partial charge in [-0.1, -0.05) is 37.4 Å². The van der Waals surface area contributed by atoms with Crippen LogP contribution in [0.4, 0.5) is 4.39 Å². The highest BCUT2D eigenvalue weighted by Crippen LogP contribution is 2.57. The molecule has 1 aromatic rings. The van der Waals surface area contributed by atoms with E-state index in [4.69, 9.17) is 4.52 Å². The second-order valence-corrected chi connectivity index (χ2v) is 9.69. The molecule has 20 heavy (non-hydrogen) atoms. The molecule has 0 saturated carbocycles. The van der Waals surface area contributed by atoms with Gasteiger partial charge in [-0.3, -0.25) is 4.57 Å². The molecular weight excluding hydrogens is 300 g/mol. The maximum Gasteiger partial charge on any atom is 0.301 e. The van der Waals surface area contributed by atoms with Crippen LogP contribution in [0.2, 0.25) is 0 Å². The highest BCUT2D eigenvalue weighted by atomic mass is 32.7. The monoisotopic (exact) mass is 319 g/mol. The molecule has 0 bridgehead atoms. The molecule has 4 nitrogen and oxygen atoms in total. The Morgan fingerprint density at radius 2 is 2.10 bits per heavy atom. The van der Waals surface area contributed by atoms with Crippen molar-refractivity contribution in [3.05, 3.63) is 35.6 Å². The van der Waals surface area contributed by atoms with Crippen molar-refractivity contribution in [1.82, 2.24) is 0 Å². The fraction of sp³-hybridized carbons (Fsp3) is 0.462. The molecule has 0 saturated heterocycles. The zero-order valence-corrected chi connectivity index (χ0v) is 13.7. The smallest absolute Gasteiger partial charge is 0.301 e. The molecule has 0 radical (unpaired) electrons. The molecule has 0 heterocycles. The third kappa shape index (κ3) is 5.55. The molecule has 1 aromatic carbocycles. The van der Waals surface area contributed by atoms with Gasteiger partial charge in [0.1, 0.15) is 12.9 Å². The van der Waals surface area contributed by atoms with Gasteiger partial charge in [0.15, 0.2) is 0 Å². The van der Waals surface area contributed by atoms with Gasteiger partial charge in [0, 0.05) is 12.4 Å². The lowest BCUT2D eigenvalue weighted by molar-refractivity contribution is 0.206. The van der Waals surface area contributed by atoms with E-state index in [-0.39, 0.29) is 11.5 Å². The molecule has 1 atom stereocenters. The van der Waals surface area contributed by atoms with Crippen molar-refractivity contribution in [2.45, 2.75) is 13.8 Å². The lowest BCUT2D eigenvalue weighted by atomic mass is 10.2. The Hall–Kier alpha value is -1.00. The molecular formula is C13H19FNO3PS. The zero-order chi connectivity index (χ0) is 15.2. The van der Waals surface area contributed by atoms with Crippen molar-refractivity contribution in [3.63, 3.8) is 0 Å². The zero-order valence-electron chi connectivity index (χ0n) is 12.0. The van der Waals surface area contributed by atoms with Gasteiger partial charge in [-0.05, 0) is 23.2 Å². The molecule has 0 aliphatic rings. The summed E-state index contributed by atoms with van der Waals surface area (Å²) in [6, 6.07) is 5.99. The lowest BCUT2D eigenvalue weighted by Gasteiger charge is -2.16. The molecule has 7 heteroatoms. The van der Waals surface area contributed by atoms with Gasteiger partial charge in [0.05, 0.1) is 5.56 Å². The second-order valence-electron chi connectivity index (χ2n) is 4.61. The highest BCUT2D eigenvalue weighted by Gasteiger charge is 2.24. The highest BCUT2D eigenvalue weighted by molar-refractivity contribution is 8.56. The molecule has 0 aliphatic heterocycles. The van der Waals surface area contributed by atoms with Crippen LogP contribution >= 0.6 is 18.0 Å². The Morgan fingerprint density at radius 3 is 2.65 bits per heavy atom. The topological polar surface area (TPSA) is 47.9 Å². The van der Waals surface area contributed by atoms with Crippen LogP contribution in [0.15, 0.2) is 29.4 Å². The normalized spacial score (nSPS) is 15.0. The van der Waals surface area contributed by atoms with Crippen molar-refractivity contribution in [3.8, 4) is 0 Å². The van der Waals surface area contributed by atoms with Crippen molar-refractivity contribution in [2.24, 2.45) is 11.1 Å². The van der Waals surface area contributed by atoms with Crippen LogP contribution in [0, 0.1) is 11.7 Å². The second kappa shape index (κ2) is 7.70. The van der Waals surface area contributed by atoms with Crippen LogP contribution in [0.25, 0.3) is 0 Å². The Labute approximate surface area is 122 Å². The Morgan fingerprint density at radius 1 is 1.45 bits per heavy atom. The first-order valence-electron chi connectivity index (χ1n) is 6.13. The summed E-state index contributed by atoms with van der Waals surface area (Å²) in [5.41, 5.74) is 0.126. The minimum atomic E-state index is -2.98. The predicted octanol–water partition coefficient (Wildman–Crippen LogP) is 4.36. The molecule has 1 rings (SSSR count). The maximum atomic E-state index is 13.7. The minimum absolute atomic E-state index is 0.104. The summed E-state index contributed by atoms with van der Waals surface area (Å²) in [4.78, 5) is 4.65. The predicted molar refractivity (Wildman–Crippen MR) is 81.9 cm³/mol. The first-order valence-corrected chi connectivity index (χ1v) is 9.79. The van der Waals surface area contributed by atoms with Gasteiger partial charge < -0.3 is 9.36 Å². The molecule has 0 fully saturated rings. The summed E-state index contributed by atoms with van der Waals surface area (Å²) in [5, 5.41) is 3.64. The fourth-order valence-corrected chi connectivity index (χ4v) is 4.44. The Kier molecular flexibility index (Phi) is 6.56. The summed E-state index contributed by atoms with van der Waals surface area (Å²) in [7, 11) is 1.33. The van der Waals surface area contributed by atoms with Gasteiger partial charge in [-0.25, -0.2) is 4.39 Å². The number of hydrogen-bond acceptors (Lipinski definition) is 5. The lowest BCUT2D eigenvalue weighted by Crippen LogP contribution is -2.08. The quantitative estimate of drug-likeness (QED) is 0.338. The Bertz CT molecular complexity index is 522. The summed E-state index contributed by atoms with van der Waals surface area (Å²) >= 11 is 1.22. The van der Waals surface area contributed by atoms with E-state index in [0.29, 0.717) is 11.7 Å². The summed E-state index contributed by atoms with van der Waals surface area (Å²) < 4.78 is 31.5. The van der Waals surface area contributed by atoms with E-state index in [9.17, 15) is 8.96 Å². The number of oxime groups is 1. The third-order valence-electron chi connectivity index (χ3n) is 2.17. The molecule has 0 amide bonds. The van der Waals surface area contributed by atoms with Crippen molar-refractivity contribution < 1.29 is 18.3 Å². The van der Waals surface area contributed by atoms with Crippen LogP contribution in [-0.4, -0.2) is 25.4 Å². The molecule has 1 unspecified atom stereocenters. The van der Waals surface area contributed by atoms with Crippen LogP contribution in [-0.2, 0) is 13.9 Å². The van der Waals surface area contributed by atoms with Gasteiger partial charge in [-0.2, -0.15) is 0 Å². The molecule has 0 aliphatic carbocycles. The van der Waals surface area contributed by atoms with Crippen molar-refractivity contribution >= 4 is 23.9 Å². The van der Waals surface area contributed by atoms with Gasteiger partial charge in [0.25, 0.3) is 5.90 Å². The van der Waals surface area contributed by atoms with E-state index < -0.39 is 12.4 Å². The van der Waals surface area contributed by atoms with E-state index in [0.717, 1.165) is 0 Å². The van der Waals surface area contributed by atoms with Crippen LogP contribution in [0.5, 0.6) is 0 Å². The summed E-state index contributed by atoms with van der Waals surface area (Å²) in [5.74, 6) is 0.462. The minimum Gasteiger partial charge on any atom is -0.414 e. The largest absolute Gasteiger partial charge is 0.414 e. The number of rotatable bonds is 6. The number of benzene rings is 1. The van der Waals surface area contributed by atoms with Gasteiger partial charge >= 0.3 is 6.57 Å². The molecule has 0 spiro atoms. The molecule has 0 N–H and O–H groups in total. The number of hydrogen-bond donors (Lipinski definition) is 0.